The molecule has 0 bridgehead atoms. The summed E-state index contributed by atoms with van der Waals surface area (Å²) in [5.41, 5.74) is 5.85. The summed E-state index contributed by atoms with van der Waals surface area (Å²) >= 11 is 2.90. The van der Waals surface area contributed by atoms with Gasteiger partial charge in [0.1, 0.15) is 22.9 Å². The van der Waals surface area contributed by atoms with Crippen LogP contribution in [0.5, 0.6) is 5.75 Å². The molecular weight excluding hydrogens is 629 g/mol. The van der Waals surface area contributed by atoms with Gasteiger partial charge in [-0.1, -0.05) is 55.0 Å². The van der Waals surface area contributed by atoms with Gasteiger partial charge in [-0.2, -0.15) is 5.26 Å². The first-order valence-electron chi connectivity index (χ1n) is 15.6. The highest BCUT2D eigenvalue weighted by Crippen LogP contribution is 2.41. The molecule has 10 heteroatoms. The lowest BCUT2D eigenvalue weighted by atomic mass is 9.90. The maximum atomic E-state index is 14.6. The number of esters is 1. The number of hydrogen-bond acceptors (Lipinski definition) is 8. The van der Waals surface area contributed by atoms with Gasteiger partial charge in [0.15, 0.2) is 4.80 Å². The van der Waals surface area contributed by atoms with Crippen LogP contribution in [-0.2, 0) is 9.53 Å². The molecule has 0 unspecified atom stereocenters. The van der Waals surface area contributed by atoms with Gasteiger partial charge in [0.25, 0.3) is 5.56 Å². The van der Waals surface area contributed by atoms with Crippen LogP contribution in [0.4, 0.5) is 0 Å². The summed E-state index contributed by atoms with van der Waals surface area (Å²) < 4.78 is 15.7. The van der Waals surface area contributed by atoms with Gasteiger partial charge in [0.2, 0.25) is 0 Å². The van der Waals surface area contributed by atoms with E-state index in [2.05, 4.69) is 10.6 Å². The number of carbonyl (C=O) groups is 1. The van der Waals surface area contributed by atoms with Crippen LogP contribution >= 0.6 is 22.7 Å². The minimum Gasteiger partial charge on any atom is -0.496 e. The first-order valence-corrected chi connectivity index (χ1v) is 17.2. The average molecular weight is 665 g/mol. The van der Waals surface area contributed by atoms with Crippen LogP contribution in [0.1, 0.15) is 71.2 Å². The van der Waals surface area contributed by atoms with E-state index in [1.165, 1.54) is 11.3 Å². The molecule has 0 fully saturated rings. The normalized spacial score (nSPS) is 14.7. The van der Waals surface area contributed by atoms with Crippen LogP contribution in [0.25, 0.3) is 21.8 Å². The summed E-state index contributed by atoms with van der Waals surface area (Å²) in [5.74, 6) is 0.0774. The van der Waals surface area contributed by atoms with Crippen molar-refractivity contribution < 1.29 is 14.3 Å². The highest BCUT2D eigenvalue weighted by Gasteiger charge is 2.37. The molecular formula is C37H36N4O4S2. The topological polar surface area (TPSA) is 98.6 Å². The predicted octanol–water partition coefficient (Wildman–Crippen LogP) is 6.70. The molecule has 47 heavy (non-hydrogen) atoms. The Morgan fingerprint density at radius 3 is 2.57 bits per heavy atom. The van der Waals surface area contributed by atoms with Crippen LogP contribution in [0, 0.1) is 39.0 Å². The molecule has 8 nitrogen and oxygen atoms in total. The van der Waals surface area contributed by atoms with E-state index in [0.29, 0.717) is 38.3 Å². The van der Waals surface area contributed by atoms with Crippen LogP contribution < -0.4 is 19.6 Å². The molecule has 1 atom stereocenters. The van der Waals surface area contributed by atoms with Crippen molar-refractivity contribution in [2.24, 2.45) is 4.99 Å². The molecule has 4 heterocycles. The maximum absolute atomic E-state index is 14.6. The molecule has 0 aliphatic carbocycles. The predicted molar refractivity (Wildman–Crippen MR) is 187 cm³/mol. The van der Waals surface area contributed by atoms with Crippen molar-refractivity contribution in [3.63, 3.8) is 0 Å². The number of methoxy groups -OCH3 is 1. The third kappa shape index (κ3) is 5.33. The Kier molecular flexibility index (Phi) is 8.79. The first kappa shape index (κ1) is 32.2. The van der Waals surface area contributed by atoms with Gasteiger partial charge >= 0.3 is 5.97 Å². The highest BCUT2D eigenvalue weighted by atomic mass is 32.1. The van der Waals surface area contributed by atoms with E-state index in [0.717, 1.165) is 55.1 Å². The van der Waals surface area contributed by atoms with Gasteiger partial charge in [-0.25, -0.2) is 9.79 Å². The van der Waals surface area contributed by atoms with Crippen molar-refractivity contribution in [1.29, 1.82) is 5.26 Å². The Hall–Kier alpha value is -4.72. The average Bonchev–Trinajstić information content (AvgIpc) is 3.63. The number of ether oxygens (including phenoxy) is 2. The molecule has 0 radical (unpaired) electrons. The second-order valence-electron chi connectivity index (χ2n) is 11.6. The third-order valence-electron chi connectivity index (χ3n) is 8.75. The molecule has 0 N–H and O–H groups in total. The summed E-state index contributed by atoms with van der Waals surface area (Å²) in [6.07, 6.45) is 3.20. The SMILES string of the molecule is CCCC1=C(C(=O)OCC)[C@@H](c2c(OC)ccc3ccccc23)n2c(s/c(=C/c3cc(C)n(-c4sc(C)c(C)c4C#N)c3C)c2=O)=N1. The van der Waals surface area contributed by atoms with E-state index in [1.807, 2.05) is 83.2 Å². The Labute approximate surface area is 281 Å². The van der Waals surface area contributed by atoms with Crippen LogP contribution in [-0.4, -0.2) is 28.8 Å². The molecule has 1 aliphatic heterocycles. The van der Waals surface area contributed by atoms with Crippen molar-refractivity contribution in [2.45, 2.75) is 60.4 Å². The van der Waals surface area contributed by atoms with Gasteiger partial charge < -0.3 is 14.0 Å². The van der Waals surface area contributed by atoms with Gasteiger partial charge in [-0.3, -0.25) is 9.36 Å². The number of allylic oxidation sites excluding steroid dienone is 1. The number of aryl methyl sites for hydroxylation is 2. The minimum atomic E-state index is -0.808. The number of nitriles is 1. The van der Waals surface area contributed by atoms with Gasteiger partial charge in [-0.15, -0.1) is 11.3 Å². The highest BCUT2D eigenvalue weighted by molar-refractivity contribution is 7.15. The number of aromatic nitrogens is 2. The second-order valence-corrected chi connectivity index (χ2v) is 13.8. The third-order valence-corrected chi connectivity index (χ3v) is 10.9. The van der Waals surface area contributed by atoms with Crippen LogP contribution in [0.2, 0.25) is 0 Å². The molecule has 0 amide bonds. The number of rotatable bonds is 8. The van der Waals surface area contributed by atoms with Crippen LogP contribution in [0.15, 0.2) is 63.5 Å². The lowest BCUT2D eigenvalue weighted by Gasteiger charge is -2.28. The second kappa shape index (κ2) is 12.8. The standard InChI is InChI=1S/C37H36N4O4S2/c1-8-12-28-32(36(43)45-9-2)33(31-26-14-11-10-13-24(26)15-16-29(31)44-7)41-34(42)30(47-37(41)39-28)18-25-17-20(3)40(22(25)5)35-27(19-38)21(4)23(6)46-35/h10-11,13-18,33H,8-9,12H2,1-7H3/b30-18+/t33-/m1/s1. The fourth-order valence-corrected chi connectivity index (χ4v) is 8.64. The van der Waals surface area contributed by atoms with E-state index < -0.39 is 12.0 Å². The number of nitrogens with zero attached hydrogens (tertiary/aromatic N) is 4. The number of fused-ring (bicyclic) bond motifs is 2. The summed E-state index contributed by atoms with van der Waals surface area (Å²) in [7, 11) is 1.60. The molecule has 1 aliphatic rings. The fourth-order valence-electron chi connectivity index (χ4n) is 6.42. The number of carbonyl (C=O) groups excluding carboxylic acids is 1. The molecule has 3 aromatic heterocycles. The van der Waals surface area contributed by atoms with Gasteiger partial charge in [0, 0.05) is 21.8 Å². The van der Waals surface area contributed by atoms with E-state index in [-0.39, 0.29) is 12.2 Å². The number of thiophene rings is 1. The van der Waals surface area contributed by atoms with Crippen molar-refractivity contribution in [2.75, 3.05) is 13.7 Å². The van der Waals surface area contributed by atoms with Gasteiger partial charge in [-0.05, 0) is 81.1 Å². The van der Waals surface area contributed by atoms with Crippen molar-refractivity contribution in [3.05, 3.63) is 112 Å². The molecule has 6 rings (SSSR count). The smallest absolute Gasteiger partial charge is 0.338 e. The monoisotopic (exact) mass is 664 g/mol. The first-order chi connectivity index (χ1) is 22.6. The zero-order valence-electron chi connectivity index (χ0n) is 27.6. The quantitative estimate of drug-likeness (QED) is 0.172. The number of hydrogen-bond donors (Lipinski definition) is 0. The fraction of sp³-hybridized carbons (Fsp3) is 0.297. The molecule has 5 aromatic rings. The Bertz CT molecular complexity index is 2330. The Morgan fingerprint density at radius 2 is 1.87 bits per heavy atom. The molecule has 0 saturated carbocycles. The molecule has 0 spiro atoms. The van der Waals surface area contributed by atoms with E-state index in [4.69, 9.17) is 14.5 Å². The summed E-state index contributed by atoms with van der Waals surface area (Å²) in [6.45, 7) is 12.0. The van der Waals surface area contributed by atoms with Gasteiger partial charge in [0.05, 0.1) is 35.1 Å². The maximum Gasteiger partial charge on any atom is 0.338 e. The zero-order valence-corrected chi connectivity index (χ0v) is 29.2. The van der Waals surface area contributed by atoms with E-state index in [1.54, 1.807) is 29.9 Å². The summed E-state index contributed by atoms with van der Waals surface area (Å²) in [6, 6.07) is 15.4. The summed E-state index contributed by atoms with van der Waals surface area (Å²) in [4.78, 5) is 34.9. The van der Waals surface area contributed by atoms with Crippen molar-refractivity contribution >= 4 is 45.5 Å². The lowest BCUT2D eigenvalue weighted by Crippen LogP contribution is -2.40. The van der Waals surface area contributed by atoms with Crippen LogP contribution in [0.3, 0.4) is 0 Å². The van der Waals surface area contributed by atoms with Crippen molar-refractivity contribution in [1.82, 2.24) is 9.13 Å². The number of thiazole rings is 1. The molecule has 240 valence electrons. The van der Waals surface area contributed by atoms with Crippen molar-refractivity contribution in [3.8, 4) is 16.8 Å². The zero-order chi connectivity index (χ0) is 33.6. The summed E-state index contributed by atoms with van der Waals surface area (Å²) in [5, 5.41) is 12.7. The molecule has 2 aromatic carbocycles. The minimum absolute atomic E-state index is 0.192. The van der Waals surface area contributed by atoms with E-state index >= 15 is 0 Å². The number of benzene rings is 2. The molecule has 0 saturated heterocycles. The lowest BCUT2D eigenvalue weighted by molar-refractivity contribution is -0.139. The Morgan fingerprint density at radius 1 is 1.11 bits per heavy atom. The van der Waals surface area contributed by atoms with E-state index in [9.17, 15) is 14.9 Å². The Balaban J connectivity index is 1.64. The largest absolute Gasteiger partial charge is 0.496 e.